The van der Waals surface area contributed by atoms with Gasteiger partial charge in [0.15, 0.2) is 0 Å². The monoisotopic (exact) mass is 317 g/mol. The van der Waals surface area contributed by atoms with Gasteiger partial charge in [-0.25, -0.2) is 4.39 Å². The lowest BCUT2D eigenvalue weighted by molar-refractivity contribution is 0.0913. The molecule has 1 aromatic heterocycles. The molecule has 4 nitrogen and oxygen atoms in total. The Bertz CT molecular complexity index is 697. The number of hydrogen-bond acceptors (Lipinski definition) is 2. The maximum atomic E-state index is 13.2. The summed E-state index contributed by atoms with van der Waals surface area (Å²) in [5.74, 6) is 0.292. The Morgan fingerprint density at radius 2 is 2.30 bits per heavy atom. The van der Waals surface area contributed by atoms with Gasteiger partial charge in [-0.2, -0.15) is 0 Å². The zero-order chi connectivity index (χ0) is 16.4. The molecule has 3 rings (SSSR count). The molecule has 1 aliphatic heterocycles. The fourth-order valence-corrected chi connectivity index (χ4v) is 3.32. The zero-order valence-electron chi connectivity index (χ0n) is 13.7. The van der Waals surface area contributed by atoms with E-state index >= 15 is 0 Å². The number of rotatable bonds is 4. The second-order valence-corrected chi connectivity index (χ2v) is 6.72. The lowest BCUT2D eigenvalue weighted by Crippen LogP contribution is -2.46. The third-order valence-electron chi connectivity index (χ3n) is 4.70. The van der Waals surface area contributed by atoms with Crippen LogP contribution in [0.1, 0.15) is 37.2 Å². The van der Waals surface area contributed by atoms with E-state index in [2.05, 4.69) is 29.0 Å². The van der Waals surface area contributed by atoms with Crippen molar-refractivity contribution in [1.82, 2.24) is 15.2 Å². The van der Waals surface area contributed by atoms with Crippen LogP contribution in [0.3, 0.4) is 0 Å². The van der Waals surface area contributed by atoms with Crippen molar-refractivity contribution in [2.75, 3.05) is 19.6 Å². The molecule has 2 unspecified atom stereocenters. The van der Waals surface area contributed by atoms with Gasteiger partial charge >= 0.3 is 0 Å². The van der Waals surface area contributed by atoms with E-state index in [-0.39, 0.29) is 11.7 Å². The van der Waals surface area contributed by atoms with Crippen molar-refractivity contribution >= 4 is 16.8 Å². The fourth-order valence-electron chi connectivity index (χ4n) is 3.32. The van der Waals surface area contributed by atoms with Gasteiger partial charge in [0.05, 0.1) is 0 Å². The van der Waals surface area contributed by atoms with Crippen molar-refractivity contribution in [2.24, 2.45) is 5.92 Å². The second kappa shape index (κ2) is 6.71. The average Bonchev–Trinajstić information content (AvgIpc) is 2.95. The summed E-state index contributed by atoms with van der Waals surface area (Å²) in [7, 11) is 0. The molecule has 1 amide bonds. The molecule has 1 fully saturated rings. The summed E-state index contributed by atoms with van der Waals surface area (Å²) in [5, 5.41) is 3.70. The predicted molar refractivity (Wildman–Crippen MR) is 90.0 cm³/mol. The summed E-state index contributed by atoms with van der Waals surface area (Å²) in [6.07, 6.45) is 2.52. The molecule has 0 aliphatic carbocycles. The molecule has 0 spiro atoms. The van der Waals surface area contributed by atoms with Gasteiger partial charge in [0.2, 0.25) is 0 Å². The lowest BCUT2D eigenvalue weighted by atomic mass is 9.99. The minimum atomic E-state index is -0.295. The third kappa shape index (κ3) is 3.72. The molecular weight excluding hydrogens is 293 g/mol. The molecule has 5 heteroatoms. The summed E-state index contributed by atoms with van der Waals surface area (Å²) in [4.78, 5) is 17.8. The van der Waals surface area contributed by atoms with Gasteiger partial charge < -0.3 is 10.3 Å². The van der Waals surface area contributed by atoms with E-state index < -0.39 is 0 Å². The quantitative estimate of drug-likeness (QED) is 0.910. The molecule has 2 aromatic rings. The molecule has 2 N–H and O–H groups in total. The van der Waals surface area contributed by atoms with Crippen LogP contribution >= 0.6 is 0 Å². The molecule has 2 heterocycles. The maximum Gasteiger partial charge on any atom is 0.267 e. The molecule has 0 radical (unpaired) electrons. The molecule has 1 aromatic carbocycles. The topological polar surface area (TPSA) is 48.1 Å². The maximum absolute atomic E-state index is 13.2. The number of carbonyl (C=O) groups excluding carboxylic acids is 1. The van der Waals surface area contributed by atoms with Gasteiger partial charge in [-0.1, -0.05) is 6.92 Å². The van der Waals surface area contributed by atoms with E-state index in [4.69, 9.17) is 0 Å². The second-order valence-electron chi connectivity index (χ2n) is 6.72. The standard InChI is InChI=1S/C18H24FN3O/c1-12-4-3-7-22(11-12)13(2)10-20-18(23)17-9-14-8-15(19)5-6-16(14)21-17/h5-6,8-9,12-13,21H,3-4,7,10-11H2,1-2H3,(H,20,23). The first kappa shape index (κ1) is 16.0. The van der Waals surface area contributed by atoms with Crippen LogP contribution in [0.2, 0.25) is 0 Å². The van der Waals surface area contributed by atoms with Crippen molar-refractivity contribution in [3.05, 3.63) is 35.8 Å². The molecular formula is C18H24FN3O. The number of amides is 1. The van der Waals surface area contributed by atoms with Gasteiger partial charge in [0.25, 0.3) is 5.91 Å². The summed E-state index contributed by atoms with van der Waals surface area (Å²) in [6.45, 7) is 7.25. The third-order valence-corrected chi connectivity index (χ3v) is 4.70. The number of benzene rings is 1. The number of aromatic nitrogens is 1. The molecule has 2 atom stereocenters. The van der Waals surface area contributed by atoms with E-state index in [1.165, 1.54) is 25.0 Å². The molecule has 23 heavy (non-hydrogen) atoms. The molecule has 1 aliphatic rings. The molecule has 1 saturated heterocycles. The highest BCUT2D eigenvalue weighted by molar-refractivity contribution is 5.98. The zero-order valence-corrected chi connectivity index (χ0v) is 13.7. The largest absolute Gasteiger partial charge is 0.351 e. The van der Waals surface area contributed by atoms with Crippen LogP contribution in [0, 0.1) is 11.7 Å². The number of nitrogens with zero attached hydrogens (tertiary/aromatic N) is 1. The number of H-pyrrole nitrogens is 1. The normalized spacial score (nSPS) is 20.6. The van der Waals surface area contributed by atoms with Crippen LogP contribution in [0.15, 0.2) is 24.3 Å². The smallest absolute Gasteiger partial charge is 0.267 e. The highest BCUT2D eigenvalue weighted by atomic mass is 19.1. The van der Waals surface area contributed by atoms with Crippen molar-refractivity contribution in [3.63, 3.8) is 0 Å². The Labute approximate surface area is 136 Å². The van der Waals surface area contributed by atoms with Crippen LogP contribution in [0.5, 0.6) is 0 Å². The predicted octanol–water partition coefficient (Wildman–Crippen LogP) is 3.16. The number of hydrogen-bond donors (Lipinski definition) is 2. The lowest BCUT2D eigenvalue weighted by Gasteiger charge is -2.35. The summed E-state index contributed by atoms with van der Waals surface area (Å²) >= 11 is 0. The van der Waals surface area contributed by atoms with Gasteiger partial charge in [-0.3, -0.25) is 9.69 Å². The van der Waals surface area contributed by atoms with Crippen molar-refractivity contribution in [3.8, 4) is 0 Å². The highest BCUT2D eigenvalue weighted by Gasteiger charge is 2.21. The fraction of sp³-hybridized carbons (Fsp3) is 0.500. The molecule has 0 bridgehead atoms. The Balaban J connectivity index is 1.59. The van der Waals surface area contributed by atoms with E-state index in [1.54, 1.807) is 12.1 Å². The Hall–Kier alpha value is -1.88. The Kier molecular flexibility index (Phi) is 4.66. The van der Waals surface area contributed by atoms with Crippen LogP contribution in [0.25, 0.3) is 10.9 Å². The van der Waals surface area contributed by atoms with Gasteiger partial charge in [0, 0.05) is 30.0 Å². The van der Waals surface area contributed by atoms with E-state index in [9.17, 15) is 9.18 Å². The first-order valence-electron chi connectivity index (χ1n) is 8.33. The first-order chi connectivity index (χ1) is 11.0. The minimum absolute atomic E-state index is 0.140. The van der Waals surface area contributed by atoms with Gasteiger partial charge in [-0.05, 0) is 56.5 Å². The number of piperidine rings is 1. The number of nitrogens with one attached hydrogen (secondary N) is 2. The molecule has 124 valence electrons. The Morgan fingerprint density at radius 1 is 1.48 bits per heavy atom. The van der Waals surface area contributed by atoms with E-state index in [0.29, 0.717) is 23.7 Å². The minimum Gasteiger partial charge on any atom is -0.351 e. The number of fused-ring (bicyclic) bond motifs is 1. The van der Waals surface area contributed by atoms with Crippen molar-refractivity contribution in [1.29, 1.82) is 0 Å². The first-order valence-corrected chi connectivity index (χ1v) is 8.33. The SMILES string of the molecule is CC1CCCN(C(C)CNC(=O)c2cc3cc(F)ccc3[nH]2)C1. The summed E-state index contributed by atoms with van der Waals surface area (Å²) in [5.41, 5.74) is 1.25. The Morgan fingerprint density at radius 3 is 3.09 bits per heavy atom. The number of aromatic amines is 1. The van der Waals surface area contributed by atoms with Crippen molar-refractivity contribution < 1.29 is 9.18 Å². The number of halogens is 1. The number of carbonyl (C=O) groups is 1. The summed E-state index contributed by atoms with van der Waals surface area (Å²) in [6, 6.07) is 6.49. The highest BCUT2D eigenvalue weighted by Crippen LogP contribution is 2.18. The van der Waals surface area contributed by atoms with Crippen LogP contribution < -0.4 is 5.32 Å². The molecule has 0 saturated carbocycles. The average molecular weight is 317 g/mol. The summed E-state index contributed by atoms with van der Waals surface area (Å²) < 4.78 is 13.2. The van der Waals surface area contributed by atoms with E-state index in [0.717, 1.165) is 24.5 Å². The van der Waals surface area contributed by atoms with Crippen LogP contribution in [-0.4, -0.2) is 41.5 Å². The van der Waals surface area contributed by atoms with Crippen molar-refractivity contribution in [2.45, 2.75) is 32.7 Å². The number of likely N-dealkylation sites (tertiary alicyclic amines) is 1. The van der Waals surface area contributed by atoms with Crippen LogP contribution in [-0.2, 0) is 0 Å². The van der Waals surface area contributed by atoms with Gasteiger partial charge in [-0.15, -0.1) is 0 Å². The van der Waals surface area contributed by atoms with E-state index in [1.807, 2.05) is 0 Å². The van der Waals surface area contributed by atoms with Gasteiger partial charge in [0.1, 0.15) is 11.5 Å². The van der Waals surface area contributed by atoms with Crippen LogP contribution in [0.4, 0.5) is 4.39 Å².